The number of nitrogens with two attached hydrogens (primary N) is 1. The Kier molecular flexibility index (Phi) is 5.86. The van der Waals surface area contributed by atoms with E-state index < -0.39 is 5.97 Å². The number of rotatable bonds is 7. The number of nitrogen functional groups attached to an aromatic ring is 1. The highest BCUT2D eigenvalue weighted by Crippen LogP contribution is 2.23. The van der Waals surface area contributed by atoms with Gasteiger partial charge in [0.25, 0.3) is 0 Å². The fourth-order valence-corrected chi connectivity index (χ4v) is 1.95. The van der Waals surface area contributed by atoms with Crippen LogP contribution in [0.4, 0.5) is 5.69 Å². The predicted molar refractivity (Wildman–Crippen MR) is 89.0 cm³/mol. The third-order valence-corrected chi connectivity index (χ3v) is 3.16. The molecule has 0 amide bonds. The molecule has 0 spiro atoms. The number of hydrogen-bond acceptors (Lipinski definition) is 5. The van der Waals surface area contributed by atoms with Crippen molar-refractivity contribution >= 4 is 11.7 Å². The molecule has 23 heavy (non-hydrogen) atoms. The first-order chi connectivity index (χ1) is 11.1. The molecule has 0 saturated carbocycles. The van der Waals surface area contributed by atoms with Gasteiger partial charge in [0.1, 0.15) is 24.7 Å². The van der Waals surface area contributed by atoms with Crippen LogP contribution in [-0.4, -0.2) is 25.8 Å². The summed E-state index contributed by atoms with van der Waals surface area (Å²) in [6, 6.07) is 12.6. The molecule has 2 rings (SSSR count). The van der Waals surface area contributed by atoms with Gasteiger partial charge in [0.05, 0.1) is 17.9 Å². The van der Waals surface area contributed by atoms with Crippen LogP contribution in [-0.2, 0) is 4.74 Å². The van der Waals surface area contributed by atoms with Crippen LogP contribution >= 0.6 is 0 Å². The largest absolute Gasteiger partial charge is 0.490 e. The second kappa shape index (κ2) is 8.08. The van der Waals surface area contributed by atoms with Crippen molar-refractivity contribution in [3.63, 3.8) is 0 Å². The predicted octanol–water partition coefficient (Wildman–Crippen LogP) is 3.21. The summed E-state index contributed by atoms with van der Waals surface area (Å²) in [4.78, 5) is 11.7. The number of esters is 1. The lowest BCUT2D eigenvalue weighted by Gasteiger charge is -2.11. The van der Waals surface area contributed by atoms with Crippen LogP contribution in [0.5, 0.6) is 11.5 Å². The third kappa shape index (κ3) is 4.92. The zero-order valence-corrected chi connectivity index (χ0v) is 13.4. The minimum atomic E-state index is -0.395. The molecule has 0 aromatic heterocycles. The smallest absolute Gasteiger partial charge is 0.338 e. The summed E-state index contributed by atoms with van der Waals surface area (Å²) in [6.45, 7) is 4.81. The number of benzene rings is 2. The molecule has 0 heterocycles. The first-order valence-corrected chi connectivity index (χ1v) is 7.49. The van der Waals surface area contributed by atoms with Crippen LogP contribution in [0.2, 0.25) is 0 Å². The lowest BCUT2D eigenvalue weighted by Crippen LogP contribution is -2.11. The molecule has 0 fully saturated rings. The quantitative estimate of drug-likeness (QED) is 0.482. The standard InChI is InChI=1S/C18H21NO4/c1-3-21-18(20)14-6-9-16(19)17(12-14)23-11-10-22-15-7-4-13(2)5-8-15/h4-9,12H,3,10-11,19H2,1-2H3. The molecule has 2 aromatic carbocycles. The molecular weight excluding hydrogens is 294 g/mol. The minimum Gasteiger partial charge on any atom is -0.490 e. The van der Waals surface area contributed by atoms with E-state index in [2.05, 4.69) is 0 Å². The first kappa shape index (κ1) is 16.7. The minimum absolute atomic E-state index is 0.323. The van der Waals surface area contributed by atoms with Crippen molar-refractivity contribution in [1.29, 1.82) is 0 Å². The van der Waals surface area contributed by atoms with Gasteiger partial charge in [-0.05, 0) is 44.2 Å². The number of carbonyl (C=O) groups excluding carboxylic acids is 1. The maximum atomic E-state index is 11.7. The van der Waals surface area contributed by atoms with Gasteiger partial charge in [0.2, 0.25) is 0 Å². The van der Waals surface area contributed by atoms with Crippen LogP contribution in [0.3, 0.4) is 0 Å². The van der Waals surface area contributed by atoms with Gasteiger partial charge in [0.15, 0.2) is 0 Å². The fourth-order valence-electron chi connectivity index (χ4n) is 1.95. The Bertz CT molecular complexity index is 653. The second-order valence-corrected chi connectivity index (χ2v) is 4.98. The Labute approximate surface area is 136 Å². The first-order valence-electron chi connectivity index (χ1n) is 7.49. The van der Waals surface area contributed by atoms with Crippen LogP contribution in [0.1, 0.15) is 22.8 Å². The molecule has 2 aromatic rings. The number of ether oxygens (including phenoxy) is 3. The molecule has 122 valence electrons. The van der Waals surface area contributed by atoms with Crippen molar-refractivity contribution in [1.82, 2.24) is 0 Å². The zero-order valence-electron chi connectivity index (χ0n) is 13.4. The van der Waals surface area contributed by atoms with Crippen molar-refractivity contribution in [3.8, 4) is 11.5 Å². The van der Waals surface area contributed by atoms with Crippen LogP contribution in [0, 0.1) is 6.92 Å². The summed E-state index contributed by atoms with van der Waals surface area (Å²) in [5, 5.41) is 0. The molecule has 0 bridgehead atoms. The summed E-state index contributed by atoms with van der Waals surface area (Å²) in [7, 11) is 0. The van der Waals surface area contributed by atoms with Gasteiger partial charge in [-0.15, -0.1) is 0 Å². The summed E-state index contributed by atoms with van der Waals surface area (Å²) in [5.74, 6) is 0.837. The summed E-state index contributed by atoms with van der Waals surface area (Å²) < 4.78 is 16.1. The van der Waals surface area contributed by atoms with Gasteiger partial charge < -0.3 is 19.9 Å². The monoisotopic (exact) mass is 315 g/mol. The van der Waals surface area contributed by atoms with Gasteiger partial charge >= 0.3 is 5.97 Å². The Morgan fingerprint density at radius 1 is 1.04 bits per heavy atom. The SMILES string of the molecule is CCOC(=O)c1ccc(N)c(OCCOc2ccc(C)cc2)c1. The fraction of sp³-hybridized carbons (Fsp3) is 0.278. The van der Waals surface area contributed by atoms with Crippen LogP contribution in [0.15, 0.2) is 42.5 Å². The number of carbonyl (C=O) groups is 1. The lowest BCUT2D eigenvalue weighted by molar-refractivity contribution is 0.0526. The highest BCUT2D eigenvalue weighted by molar-refractivity contribution is 5.90. The van der Waals surface area contributed by atoms with E-state index in [0.717, 1.165) is 5.75 Å². The molecule has 2 N–H and O–H groups in total. The highest BCUT2D eigenvalue weighted by atomic mass is 16.5. The number of anilines is 1. The molecule has 5 nitrogen and oxygen atoms in total. The van der Waals surface area contributed by atoms with E-state index in [1.165, 1.54) is 5.56 Å². The van der Waals surface area contributed by atoms with Gasteiger partial charge in [0, 0.05) is 0 Å². The Morgan fingerprint density at radius 3 is 2.43 bits per heavy atom. The maximum Gasteiger partial charge on any atom is 0.338 e. The molecule has 0 aliphatic carbocycles. The van der Waals surface area contributed by atoms with Crippen molar-refractivity contribution in [2.75, 3.05) is 25.6 Å². The number of hydrogen-bond donors (Lipinski definition) is 1. The summed E-state index contributed by atoms with van der Waals surface area (Å²) >= 11 is 0. The maximum absolute atomic E-state index is 11.7. The zero-order chi connectivity index (χ0) is 16.7. The normalized spacial score (nSPS) is 10.2. The van der Waals surface area contributed by atoms with Gasteiger partial charge in [-0.2, -0.15) is 0 Å². The summed E-state index contributed by atoms with van der Waals surface area (Å²) in [5.41, 5.74) is 7.91. The van der Waals surface area contributed by atoms with Gasteiger partial charge in [-0.1, -0.05) is 17.7 Å². The Hall–Kier alpha value is -2.69. The highest BCUT2D eigenvalue weighted by Gasteiger charge is 2.10. The average molecular weight is 315 g/mol. The van der Waals surface area contributed by atoms with Crippen LogP contribution < -0.4 is 15.2 Å². The molecule has 0 radical (unpaired) electrons. The topological polar surface area (TPSA) is 70.8 Å². The average Bonchev–Trinajstić information content (AvgIpc) is 2.55. The summed E-state index contributed by atoms with van der Waals surface area (Å²) in [6.07, 6.45) is 0. The van der Waals surface area contributed by atoms with E-state index in [0.29, 0.717) is 36.8 Å². The number of aryl methyl sites for hydroxylation is 1. The van der Waals surface area contributed by atoms with Crippen molar-refractivity contribution in [3.05, 3.63) is 53.6 Å². The van der Waals surface area contributed by atoms with Crippen molar-refractivity contribution < 1.29 is 19.0 Å². The van der Waals surface area contributed by atoms with Gasteiger partial charge in [-0.3, -0.25) is 0 Å². The van der Waals surface area contributed by atoms with Crippen LogP contribution in [0.25, 0.3) is 0 Å². The van der Waals surface area contributed by atoms with E-state index in [-0.39, 0.29) is 0 Å². The van der Waals surface area contributed by atoms with E-state index in [4.69, 9.17) is 19.9 Å². The lowest BCUT2D eigenvalue weighted by atomic mass is 10.2. The van der Waals surface area contributed by atoms with E-state index >= 15 is 0 Å². The van der Waals surface area contributed by atoms with Gasteiger partial charge in [-0.25, -0.2) is 4.79 Å². The molecule has 0 aliphatic heterocycles. The van der Waals surface area contributed by atoms with E-state index in [1.807, 2.05) is 31.2 Å². The molecule has 0 aliphatic rings. The van der Waals surface area contributed by atoms with Crippen molar-refractivity contribution in [2.45, 2.75) is 13.8 Å². The van der Waals surface area contributed by atoms with E-state index in [1.54, 1.807) is 25.1 Å². The Balaban J connectivity index is 1.88. The molecule has 5 heteroatoms. The molecule has 0 atom stereocenters. The Morgan fingerprint density at radius 2 is 1.74 bits per heavy atom. The third-order valence-electron chi connectivity index (χ3n) is 3.16. The molecule has 0 saturated heterocycles. The molecule has 0 unspecified atom stereocenters. The molecular formula is C18H21NO4. The van der Waals surface area contributed by atoms with Crippen molar-refractivity contribution in [2.24, 2.45) is 0 Å². The van der Waals surface area contributed by atoms with E-state index in [9.17, 15) is 4.79 Å². The second-order valence-electron chi connectivity index (χ2n) is 4.98.